The molecule has 0 spiro atoms. The average Bonchev–Trinajstić information content (AvgIpc) is 2.93. The molecule has 0 aromatic rings. The summed E-state index contributed by atoms with van der Waals surface area (Å²) in [6.07, 6.45) is 0.415. The van der Waals surface area contributed by atoms with Crippen LogP contribution in [0.15, 0.2) is 0 Å². The van der Waals surface area contributed by atoms with Crippen LogP contribution in [-0.4, -0.2) is 34.9 Å². The lowest BCUT2D eigenvalue weighted by Crippen LogP contribution is -2.38. The van der Waals surface area contributed by atoms with Gasteiger partial charge in [0, 0.05) is 24.4 Å². The van der Waals surface area contributed by atoms with Crippen molar-refractivity contribution >= 4 is 5.91 Å². The molecule has 1 amide bonds. The largest absolute Gasteiger partial charge is 0.342 e. The van der Waals surface area contributed by atoms with Gasteiger partial charge >= 0.3 is 0 Å². The lowest BCUT2D eigenvalue weighted by molar-refractivity contribution is -0.497. The Bertz CT molecular complexity index is 292. The van der Waals surface area contributed by atoms with Crippen LogP contribution >= 0.6 is 0 Å². The van der Waals surface area contributed by atoms with Crippen LogP contribution in [0.2, 0.25) is 0 Å². The normalized spacial score (nSPS) is 22.9. The first-order chi connectivity index (χ1) is 7.82. The average molecular weight is 242 g/mol. The molecule has 1 saturated carbocycles. The maximum absolute atomic E-state index is 12.1. The second-order valence-corrected chi connectivity index (χ2v) is 5.73. The molecule has 0 heterocycles. The van der Waals surface area contributed by atoms with Gasteiger partial charge in [-0.2, -0.15) is 0 Å². The summed E-state index contributed by atoms with van der Waals surface area (Å²) in [5.41, 5.74) is 0. The van der Waals surface area contributed by atoms with E-state index in [1.807, 2.05) is 0 Å². The van der Waals surface area contributed by atoms with Crippen molar-refractivity contribution in [2.45, 2.75) is 40.2 Å². The molecule has 0 bridgehead atoms. The van der Waals surface area contributed by atoms with Crippen LogP contribution in [0.1, 0.15) is 34.1 Å². The third-order valence-electron chi connectivity index (χ3n) is 2.83. The third-order valence-corrected chi connectivity index (χ3v) is 2.83. The van der Waals surface area contributed by atoms with Gasteiger partial charge in [-0.05, 0) is 11.8 Å². The fourth-order valence-corrected chi connectivity index (χ4v) is 2.05. The third kappa shape index (κ3) is 3.98. The lowest BCUT2D eigenvalue weighted by atomic mass is 10.1. The first-order valence-corrected chi connectivity index (χ1v) is 6.25. The van der Waals surface area contributed by atoms with Crippen molar-refractivity contribution in [3.63, 3.8) is 0 Å². The van der Waals surface area contributed by atoms with Crippen LogP contribution in [-0.2, 0) is 4.79 Å². The number of amides is 1. The van der Waals surface area contributed by atoms with E-state index in [-0.39, 0.29) is 16.7 Å². The number of carbonyl (C=O) groups is 1. The van der Waals surface area contributed by atoms with Gasteiger partial charge in [-0.3, -0.25) is 14.9 Å². The summed E-state index contributed by atoms with van der Waals surface area (Å²) in [5, 5.41) is 10.6. The Hall–Kier alpha value is -1.13. The molecular formula is C12H22N2O3. The van der Waals surface area contributed by atoms with E-state index in [0.717, 1.165) is 0 Å². The minimum atomic E-state index is -0.635. The molecule has 1 aliphatic carbocycles. The summed E-state index contributed by atoms with van der Waals surface area (Å²) in [5.74, 6) is 0.382. The Morgan fingerprint density at radius 2 is 1.76 bits per heavy atom. The fourth-order valence-electron chi connectivity index (χ4n) is 2.05. The minimum Gasteiger partial charge on any atom is -0.342 e. The van der Waals surface area contributed by atoms with Crippen molar-refractivity contribution in [3.05, 3.63) is 10.1 Å². The van der Waals surface area contributed by atoms with Crippen molar-refractivity contribution in [2.75, 3.05) is 13.1 Å². The quantitative estimate of drug-likeness (QED) is 0.527. The zero-order valence-electron chi connectivity index (χ0n) is 11.0. The SMILES string of the molecule is CC(C)CN(CC(C)C)C(=O)C1CC1[N+](=O)[O-]. The molecule has 17 heavy (non-hydrogen) atoms. The van der Waals surface area contributed by atoms with Crippen molar-refractivity contribution < 1.29 is 9.72 Å². The molecule has 2 atom stereocenters. The lowest BCUT2D eigenvalue weighted by Gasteiger charge is -2.26. The summed E-state index contributed by atoms with van der Waals surface area (Å²) in [4.78, 5) is 24.2. The molecule has 1 rings (SSSR count). The second kappa shape index (κ2) is 5.47. The zero-order valence-corrected chi connectivity index (χ0v) is 11.0. The number of nitrogens with zero attached hydrogens (tertiary/aromatic N) is 2. The van der Waals surface area contributed by atoms with E-state index >= 15 is 0 Å². The number of hydrogen-bond donors (Lipinski definition) is 0. The fraction of sp³-hybridized carbons (Fsp3) is 0.917. The molecule has 2 unspecified atom stereocenters. The van der Waals surface area contributed by atoms with Crippen molar-refractivity contribution in [2.24, 2.45) is 17.8 Å². The van der Waals surface area contributed by atoms with Crippen molar-refractivity contribution in [1.82, 2.24) is 4.90 Å². The van der Waals surface area contributed by atoms with E-state index in [0.29, 0.717) is 31.3 Å². The van der Waals surface area contributed by atoms with E-state index in [9.17, 15) is 14.9 Å². The molecule has 1 aliphatic rings. The van der Waals surface area contributed by atoms with Gasteiger partial charge in [0.2, 0.25) is 11.9 Å². The summed E-state index contributed by atoms with van der Waals surface area (Å²) in [6, 6.07) is -0.635. The Kier molecular flexibility index (Phi) is 4.48. The van der Waals surface area contributed by atoms with Crippen molar-refractivity contribution in [1.29, 1.82) is 0 Å². The summed E-state index contributed by atoms with van der Waals surface area (Å²) in [6.45, 7) is 9.60. The maximum Gasteiger partial charge on any atom is 0.232 e. The highest BCUT2D eigenvalue weighted by atomic mass is 16.6. The van der Waals surface area contributed by atoms with Crippen LogP contribution in [0.3, 0.4) is 0 Å². The Morgan fingerprint density at radius 3 is 2.06 bits per heavy atom. The van der Waals surface area contributed by atoms with Gasteiger partial charge in [-0.25, -0.2) is 0 Å². The van der Waals surface area contributed by atoms with E-state index in [1.54, 1.807) is 4.90 Å². The van der Waals surface area contributed by atoms with Crippen molar-refractivity contribution in [3.8, 4) is 0 Å². The highest BCUT2D eigenvalue weighted by Gasteiger charge is 2.54. The molecule has 0 saturated heterocycles. The molecule has 5 nitrogen and oxygen atoms in total. The van der Waals surface area contributed by atoms with Crippen LogP contribution in [0.5, 0.6) is 0 Å². The van der Waals surface area contributed by atoms with Gasteiger partial charge in [-0.1, -0.05) is 27.7 Å². The van der Waals surface area contributed by atoms with Crippen LogP contribution < -0.4 is 0 Å². The van der Waals surface area contributed by atoms with Gasteiger partial charge in [0.1, 0.15) is 5.92 Å². The maximum atomic E-state index is 12.1. The molecule has 0 aromatic carbocycles. The minimum absolute atomic E-state index is 0.0332. The van der Waals surface area contributed by atoms with E-state index < -0.39 is 6.04 Å². The predicted octanol–water partition coefficient (Wildman–Crippen LogP) is 1.79. The van der Waals surface area contributed by atoms with E-state index in [4.69, 9.17) is 0 Å². The summed E-state index contributed by atoms with van der Waals surface area (Å²) < 4.78 is 0. The van der Waals surface area contributed by atoms with Gasteiger partial charge < -0.3 is 4.90 Å². The first kappa shape index (κ1) is 13.9. The summed E-state index contributed by atoms with van der Waals surface area (Å²) in [7, 11) is 0. The number of rotatable bonds is 6. The number of carbonyl (C=O) groups excluding carboxylic acids is 1. The number of nitro groups is 1. The molecule has 98 valence electrons. The Balaban J connectivity index is 2.58. The van der Waals surface area contributed by atoms with Gasteiger partial charge in [-0.15, -0.1) is 0 Å². The van der Waals surface area contributed by atoms with Crippen LogP contribution in [0.25, 0.3) is 0 Å². The number of hydrogen-bond acceptors (Lipinski definition) is 3. The molecule has 0 radical (unpaired) electrons. The molecule has 5 heteroatoms. The topological polar surface area (TPSA) is 63.5 Å². The Labute approximate surface area is 102 Å². The van der Waals surface area contributed by atoms with E-state index in [2.05, 4.69) is 27.7 Å². The second-order valence-electron chi connectivity index (χ2n) is 5.73. The summed E-state index contributed by atoms with van der Waals surface area (Å²) >= 11 is 0. The standard InChI is InChI=1S/C12H22N2O3/c1-8(2)6-13(7-9(3)4)12(15)10-5-11(10)14(16)17/h8-11H,5-7H2,1-4H3. The molecule has 0 aromatic heterocycles. The smallest absolute Gasteiger partial charge is 0.232 e. The van der Waals surface area contributed by atoms with Gasteiger partial charge in [0.05, 0.1) is 0 Å². The zero-order chi connectivity index (χ0) is 13.2. The highest BCUT2D eigenvalue weighted by molar-refractivity contribution is 5.82. The monoisotopic (exact) mass is 242 g/mol. The Morgan fingerprint density at radius 1 is 1.29 bits per heavy atom. The molecule has 1 fully saturated rings. The van der Waals surface area contributed by atoms with Gasteiger partial charge in [0.15, 0.2) is 0 Å². The molecule has 0 aliphatic heterocycles. The van der Waals surface area contributed by atoms with Crippen LogP contribution in [0, 0.1) is 27.9 Å². The highest BCUT2D eigenvalue weighted by Crippen LogP contribution is 2.35. The van der Waals surface area contributed by atoms with Crippen LogP contribution in [0.4, 0.5) is 0 Å². The predicted molar refractivity (Wildman–Crippen MR) is 65.1 cm³/mol. The molecular weight excluding hydrogens is 220 g/mol. The first-order valence-electron chi connectivity index (χ1n) is 6.25. The molecule has 0 N–H and O–H groups in total. The van der Waals surface area contributed by atoms with E-state index in [1.165, 1.54) is 0 Å². The van der Waals surface area contributed by atoms with Gasteiger partial charge in [0.25, 0.3) is 0 Å².